The van der Waals surface area contributed by atoms with E-state index in [2.05, 4.69) is 25.9 Å². The third-order valence-electron chi connectivity index (χ3n) is 7.49. The number of aromatic nitrogens is 3. The molecule has 1 fully saturated rings. The Bertz CT molecular complexity index is 1800. The number of nitrogens with zero attached hydrogens (tertiary/aromatic N) is 6. The van der Waals surface area contributed by atoms with Crippen LogP contribution in [-0.2, 0) is 9.53 Å². The van der Waals surface area contributed by atoms with Gasteiger partial charge >= 0.3 is 6.09 Å². The van der Waals surface area contributed by atoms with Crippen molar-refractivity contribution < 1.29 is 22.8 Å². The highest BCUT2D eigenvalue weighted by Crippen LogP contribution is 2.45. The monoisotopic (exact) mass is 679 g/mol. The SMILES string of the molecule is [2H]C([2H])([2H])N1C(=O)[C@H]2CN(C(=O)OC(C)(C)C)CCN2c2c1c(=O)n(-c1c(C(C)C)ncnc1C(C)C)c1c(F)c(Br)c(Cl)cc21. The number of carbonyl (C=O) groups excluding carboxylic acids is 2. The topological polar surface area (TPSA) is 101 Å². The highest BCUT2D eigenvalue weighted by Gasteiger charge is 2.45. The average molecular weight is 681 g/mol. The maximum atomic E-state index is 16.6. The van der Waals surface area contributed by atoms with Gasteiger partial charge in [-0.1, -0.05) is 39.3 Å². The van der Waals surface area contributed by atoms with Crippen molar-refractivity contribution in [2.24, 2.45) is 0 Å². The van der Waals surface area contributed by atoms with Gasteiger partial charge in [0.05, 0.1) is 44.3 Å². The quantitative estimate of drug-likeness (QED) is 0.314. The largest absolute Gasteiger partial charge is 0.444 e. The molecule has 2 aromatic heterocycles. The number of pyridine rings is 1. The van der Waals surface area contributed by atoms with E-state index in [0.29, 0.717) is 16.3 Å². The van der Waals surface area contributed by atoms with Crippen LogP contribution in [0.2, 0.25) is 5.02 Å². The number of amides is 2. The molecule has 2 amide bonds. The first kappa shape index (κ1) is 27.3. The summed E-state index contributed by atoms with van der Waals surface area (Å²) in [6, 6.07) is 0.230. The number of fused-ring (bicyclic) bond motifs is 5. The maximum absolute atomic E-state index is 16.6. The third kappa shape index (κ3) is 5.16. The fraction of sp³-hybridized carbons (Fsp3) is 0.500. The molecule has 2 aliphatic rings. The molecule has 4 heterocycles. The van der Waals surface area contributed by atoms with Gasteiger partial charge in [0.15, 0.2) is 5.82 Å². The molecule has 5 rings (SSSR count). The summed E-state index contributed by atoms with van der Waals surface area (Å²) in [6.07, 6.45) is 0.701. The van der Waals surface area contributed by atoms with Gasteiger partial charge in [-0.2, -0.15) is 0 Å². The first-order chi connectivity index (χ1) is 21.3. The van der Waals surface area contributed by atoms with E-state index in [1.54, 1.807) is 25.7 Å². The van der Waals surface area contributed by atoms with Gasteiger partial charge in [-0.05, 0) is 54.6 Å². The van der Waals surface area contributed by atoms with E-state index in [-0.39, 0.29) is 63.2 Å². The summed E-state index contributed by atoms with van der Waals surface area (Å²) < 4.78 is 48.3. The van der Waals surface area contributed by atoms with Crippen LogP contribution in [0, 0.1) is 5.82 Å². The molecule has 0 spiro atoms. The third-order valence-corrected chi connectivity index (χ3v) is 8.79. The van der Waals surface area contributed by atoms with Crippen LogP contribution in [0.5, 0.6) is 0 Å². The van der Waals surface area contributed by atoms with Gasteiger partial charge in [-0.15, -0.1) is 0 Å². The smallest absolute Gasteiger partial charge is 0.410 e. The first-order valence-corrected chi connectivity index (χ1v) is 15.1. The lowest BCUT2D eigenvalue weighted by Gasteiger charge is -2.47. The Morgan fingerprint density at radius 2 is 1.74 bits per heavy atom. The number of likely N-dealkylation sites (N-methyl/N-ethyl adjacent to an activating group) is 1. The van der Waals surface area contributed by atoms with Gasteiger partial charge in [0.1, 0.15) is 23.7 Å². The van der Waals surface area contributed by atoms with Crippen molar-refractivity contribution in [3.8, 4) is 5.69 Å². The fourth-order valence-corrected chi connectivity index (χ4v) is 6.12. The number of benzene rings is 1. The summed E-state index contributed by atoms with van der Waals surface area (Å²) in [4.78, 5) is 54.3. The summed E-state index contributed by atoms with van der Waals surface area (Å²) in [5, 5.41) is 0.0715. The van der Waals surface area contributed by atoms with Gasteiger partial charge in [-0.25, -0.2) is 19.2 Å². The minimum atomic E-state index is -3.12. The lowest BCUT2D eigenvalue weighted by Crippen LogP contribution is -2.64. The normalized spacial score (nSPS) is 18.5. The molecule has 230 valence electrons. The molecule has 0 unspecified atom stereocenters. The predicted molar refractivity (Wildman–Crippen MR) is 168 cm³/mol. The van der Waals surface area contributed by atoms with E-state index in [1.165, 1.54) is 17.3 Å². The van der Waals surface area contributed by atoms with E-state index < -0.39 is 47.7 Å². The van der Waals surface area contributed by atoms with Crippen molar-refractivity contribution in [1.82, 2.24) is 19.4 Å². The second-order valence-corrected chi connectivity index (χ2v) is 13.5. The summed E-state index contributed by atoms with van der Waals surface area (Å²) in [5.41, 5.74) is -1.30. The molecule has 43 heavy (non-hydrogen) atoms. The molecule has 0 bridgehead atoms. The van der Waals surface area contributed by atoms with Crippen molar-refractivity contribution in [3.05, 3.63) is 49.4 Å². The highest BCUT2D eigenvalue weighted by molar-refractivity contribution is 9.10. The lowest BCUT2D eigenvalue weighted by molar-refractivity contribution is -0.120. The number of ether oxygens (including phenoxy) is 1. The number of anilines is 2. The van der Waals surface area contributed by atoms with Crippen molar-refractivity contribution >= 4 is 61.8 Å². The molecule has 2 aliphatic heterocycles. The summed E-state index contributed by atoms with van der Waals surface area (Å²) in [7, 11) is 0. The van der Waals surface area contributed by atoms with E-state index >= 15 is 4.39 Å². The van der Waals surface area contributed by atoms with E-state index in [4.69, 9.17) is 20.5 Å². The molecule has 0 aliphatic carbocycles. The fourth-order valence-electron chi connectivity index (χ4n) is 5.62. The minimum Gasteiger partial charge on any atom is -0.444 e. The second-order valence-electron chi connectivity index (χ2n) is 12.3. The molecule has 1 aromatic carbocycles. The van der Waals surface area contributed by atoms with Crippen LogP contribution in [0.25, 0.3) is 16.6 Å². The summed E-state index contributed by atoms with van der Waals surface area (Å²) in [6.45, 7) is 9.33. The number of hydrogen-bond acceptors (Lipinski definition) is 7. The summed E-state index contributed by atoms with van der Waals surface area (Å²) in [5.74, 6) is -2.28. The Balaban J connectivity index is 1.91. The number of rotatable bonds is 3. The number of halogens is 3. The zero-order chi connectivity index (χ0) is 34.2. The standard InChI is InChI=1S/C30H35BrClFN6O4/c1-14(2)21-25(22(15(3)4)35-13-34-21)39-23-16(11-17(32)19(31)20(23)33)24-26(28(39)41)36(8)27(40)18-12-37(9-10-38(18)24)29(42)43-30(5,6)7/h11,13-15,18H,9-10,12H2,1-8H3/t18-/m1/s1/i8D3. The van der Waals surface area contributed by atoms with Crippen LogP contribution in [0.15, 0.2) is 21.7 Å². The highest BCUT2D eigenvalue weighted by atomic mass is 79.9. The molecule has 0 N–H and O–H groups in total. The van der Waals surface area contributed by atoms with Gasteiger partial charge in [0.2, 0.25) is 0 Å². The van der Waals surface area contributed by atoms with Crippen LogP contribution in [0.1, 0.15) is 75.8 Å². The molecule has 0 saturated carbocycles. The minimum absolute atomic E-state index is 0.0221. The molecule has 1 saturated heterocycles. The number of carbonyl (C=O) groups is 2. The van der Waals surface area contributed by atoms with Gasteiger partial charge < -0.3 is 19.4 Å². The van der Waals surface area contributed by atoms with E-state index in [0.717, 1.165) is 4.57 Å². The number of hydrogen-bond donors (Lipinski definition) is 0. The van der Waals surface area contributed by atoms with Crippen molar-refractivity contribution in [3.63, 3.8) is 0 Å². The van der Waals surface area contributed by atoms with Gasteiger partial charge in [0, 0.05) is 29.6 Å². The van der Waals surface area contributed by atoms with Crippen molar-refractivity contribution in [2.45, 2.75) is 71.9 Å². The predicted octanol–water partition coefficient (Wildman–Crippen LogP) is 5.98. The Kier molecular flexibility index (Phi) is 7.01. The Morgan fingerprint density at radius 1 is 1.12 bits per heavy atom. The number of piperazine rings is 1. The Morgan fingerprint density at radius 3 is 2.30 bits per heavy atom. The van der Waals surface area contributed by atoms with Crippen molar-refractivity contribution in [1.29, 1.82) is 0 Å². The molecule has 13 heteroatoms. The van der Waals surface area contributed by atoms with Crippen LogP contribution in [0.3, 0.4) is 0 Å². The van der Waals surface area contributed by atoms with E-state index in [1.807, 2.05) is 27.7 Å². The summed E-state index contributed by atoms with van der Waals surface area (Å²) >= 11 is 9.73. The van der Waals surface area contributed by atoms with Crippen molar-refractivity contribution in [2.75, 3.05) is 36.4 Å². The molecule has 0 radical (unpaired) electrons. The molecule has 10 nitrogen and oxygen atoms in total. The van der Waals surface area contributed by atoms with Crippen LogP contribution >= 0.6 is 27.5 Å². The average Bonchev–Trinajstić information content (AvgIpc) is 2.94. The Hall–Kier alpha value is -3.25. The maximum Gasteiger partial charge on any atom is 0.410 e. The lowest BCUT2D eigenvalue weighted by atomic mass is 9.98. The van der Waals surface area contributed by atoms with Gasteiger partial charge in [0.25, 0.3) is 11.5 Å². The molecular weight excluding hydrogens is 643 g/mol. The zero-order valence-electron chi connectivity index (χ0n) is 28.0. The molecule has 3 aromatic rings. The van der Waals surface area contributed by atoms with Crippen LogP contribution in [-0.4, -0.2) is 69.7 Å². The van der Waals surface area contributed by atoms with E-state index in [9.17, 15) is 14.4 Å². The second kappa shape index (κ2) is 11.0. The molecular formula is C30H35BrClFN6O4. The van der Waals surface area contributed by atoms with Crippen LogP contribution in [0.4, 0.5) is 20.6 Å². The van der Waals surface area contributed by atoms with Crippen LogP contribution < -0.4 is 15.4 Å². The zero-order valence-corrected chi connectivity index (χ0v) is 27.3. The molecule has 1 atom stereocenters. The van der Waals surface area contributed by atoms with Gasteiger partial charge in [-0.3, -0.25) is 14.2 Å². The Labute approximate surface area is 267 Å². The first-order valence-electron chi connectivity index (χ1n) is 15.5.